The molecule has 0 atom stereocenters. The minimum absolute atomic E-state index is 0.184. The molecule has 0 unspecified atom stereocenters. The summed E-state index contributed by atoms with van der Waals surface area (Å²) in [6, 6.07) is 8.38. The average Bonchev–Trinajstić information content (AvgIpc) is 2.96. The number of benzene rings is 1. The van der Waals surface area contributed by atoms with E-state index in [1.54, 1.807) is 23.1 Å². The Labute approximate surface area is 121 Å². The van der Waals surface area contributed by atoms with Crippen molar-refractivity contribution < 1.29 is 14.7 Å². The number of aromatic hydroxyl groups is 1. The first-order valence-corrected chi connectivity index (χ1v) is 6.64. The van der Waals surface area contributed by atoms with Gasteiger partial charge in [-0.25, -0.2) is 0 Å². The van der Waals surface area contributed by atoms with Gasteiger partial charge < -0.3 is 20.7 Å². The molecule has 1 aromatic carbocycles. The lowest BCUT2D eigenvalue weighted by Crippen LogP contribution is -2.36. The number of aromatic nitrogens is 1. The van der Waals surface area contributed by atoms with Crippen LogP contribution in [-0.4, -0.2) is 33.3 Å². The molecule has 0 fully saturated rings. The van der Waals surface area contributed by atoms with E-state index in [2.05, 4.69) is 4.98 Å². The topological polar surface area (TPSA) is 99.4 Å². The van der Waals surface area contributed by atoms with Gasteiger partial charge in [-0.1, -0.05) is 12.1 Å². The quantitative estimate of drug-likeness (QED) is 0.768. The number of hydrogen-bond acceptors (Lipinski definition) is 3. The number of amides is 2. The molecule has 0 radical (unpaired) electrons. The fraction of sp³-hybridized carbons (Fsp3) is 0.200. The number of H-pyrrole nitrogens is 1. The Bertz CT molecular complexity index is 721. The first-order valence-electron chi connectivity index (χ1n) is 6.64. The van der Waals surface area contributed by atoms with Gasteiger partial charge >= 0.3 is 0 Å². The predicted molar refractivity (Wildman–Crippen MR) is 75.9 cm³/mol. The second-order valence-electron chi connectivity index (χ2n) is 5.04. The van der Waals surface area contributed by atoms with Crippen molar-refractivity contribution >= 4 is 11.8 Å². The van der Waals surface area contributed by atoms with E-state index in [9.17, 15) is 14.7 Å². The molecule has 6 heteroatoms. The zero-order valence-electron chi connectivity index (χ0n) is 11.3. The highest BCUT2D eigenvalue weighted by atomic mass is 16.3. The van der Waals surface area contributed by atoms with Gasteiger partial charge in [0.15, 0.2) is 0 Å². The third kappa shape index (κ3) is 2.35. The first-order chi connectivity index (χ1) is 10.1. The van der Waals surface area contributed by atoms with Gasteiger partial charge in [-0.3, -0.25) is 9.59 Å². The third-order valence-corrected chi connectivity index (χ3v) is 3.71. The minimum Gasteiger partial charge on any atom is -0.508 e. The third-order valence-electron chi connectivity index (χ3n) is 3.71. The molecule has 2 amide bonds. The Morgan fingerprint density at radius 1 is 1.19 bits per heavy atom. The van der Waals surface area contributed by atoms with Gasteiger partial charge in [0.2, 0.25) is 0 Å². The molecule has 0 spiro atoms. The molecule has 1 aliphatic rings. The zero-order chi connectivity index (χ0) is 15.0. The normalized spacial score (nSPS) is 13.8. The molecule has 0 bridgehead atoms. The average molecular weight is 285 g/mol. The lowest BCUT2D eigenvalue weighted by molar-refractivity contribution is 0.0728. The van der Waals surface area contributed by atoms with Crippen LogP contribution in [0.25, 0.3) is 0 Å². The highest BCUT2D eigenvalue weighted by molar-refractivity contribution is 5.96. The number of phenolic OH excluding ortho intramolecular Hbond substituents is 1. The van der Waals surface area contributed by atoms with Crippen molar-refractivity contribution in [2.75, 3.05) is 6.54 Å². The van der Waals surface area contributed by atoms with Gasteiger partial charge in [-0.05, 0) is 30.2 Å². The van der Waals surface area contributed by atoms with Crippen molar-refractivity contribution in [2.24, 2.45) is 5.73 Å². The Kier molecular flexibility index (Phi) is 3.13. The second-order valence-corrected chi connectivity index (χ2v) is 5.04. The van der Waals surface area contributed by atoms with Crippen LogP contribution in [0.2, 0.25) is 0 Å². The Morgan fingerprint density at radius 2 is 1.95 bits per heavy atom. The maximum Gasteiger partial charge on any atom is 0.270 e. The number of phenols is 1. The van der Waals surface area contributed by atoms with E-state index < -0.39 is 5.91 Å². The lowest BCUT2D eigenvalue weighted by Gasteiger charge is -2.28. The van der Waals surface area contributed by atoms with E-state index in [4.69, 9.17) is 5.73 Å². The van der Waals surface area contributed by atoms with Gasteiger partial charge in [-0.15, -0.1) is 0 Å². The van der Waals surface area contributed by atoms with Gasteiger partial charge in [0.1, 0.15) is 17.1 Å². The molecule has 0 aliphatic carbocycles. The number of hydrogen-bond donors (Lipinski definition) is 3. The predicted octanol–water partition coefficient (Wildman–Crippen LogP) is 1.02. The second kappa shape index (κ2) is 4.97. The van der Waals surface area contributed by atoms with Crippen molar-refractivity contribution in [1.29, 1.82) is 0 Å². The highest BCUT2D eigenvalue weighted by Crippen LogP contribution is 2.27. The summed E-state index contributed by atoms with van der Waals surface area (Å²) in [5, 5.41) is 9.80. The number of nitrogens with zero attached hydrogens (tertiary/aromatic N) is 1. The molecule has 2 heterocycles. The molecule has 108 valence electrons. The molecular formula is C15H15N3O3. The van der Waals surface area contributed by atoms with Crippen molar-refractivity contribution in [3.05, 3.63) is 52.8 Å². The number of rotatable bonds is 2. The van der Waals surface area contributed by atoms with Crippen LogP contribution in [0.5, 0.6) is 5.75 Å². The van der Waals surface area contributed by atoms with E-state index in [1.807, 2.05) is 6.07 Å². The van der Waals surface area contributed by atoms with Crippen LogP contribution in [0, 0.1) is 0 Å². The summed E-state index contributed by atoms with van der Waals surface area (Å²) in [5.41, 5.74) is 7.55. The van der Waals surface area contributed by atoms with Crippen molar-refractivity contribution in [3.63, 3.8) is 0 Å². The van der Waals surface area contributed by atoms with Gasteiger partial charge in [0.05, 0.1) is 0 Å². The monoisotopic (exact) mass is 285 g/mol. The summed E-state index contributed by atoms with van der Waals surface area (Å²) in [5.74, 6) is -0.505. The van der Waals surface area contributed by atoms with E-state index in [-0.39, 0.29) is 17.4 Å². The highest BCUT2D eigenvalue weighted by Gasteiger charge is 2.24. The largest absolute Gasteiger partial charge is 0.508 e. The van der Waals surface area contributed by atoms with Crippen molar-refractivity contribution in [2.45, 2.75) is 13.0 Å². The SMILES string of the molecule is NC(=O)c1ccc(C(=O)N2CCc3c(O)cccc3C2)[nH]1. The molecule has 1 aliphatic heterocycles. The van der Waals surface area contributed by atoms with Crippen molar-refractivity contribution in [1.82, 2.24) is 9.88 Å². The summed E-state index contributed by atoms with van der Waals surface area (Å²) in [6.07, 6.45) is 0.608. The number of nitrogens with one attached hydrogen (secondary N) is 1. The molecular weight excluding hydrogens is 270 g/mol. The van der Waals surface area contributed by atoms with Crippen LogP contribution in [0.1, 0.15) is 32.1 Å². The minimum atomic E-state index is -0.594. The van der Waals surface area contributed by atoms with Gasteiger partial charge in [-0.2, -0.15) is 0 Å². The van der Waals surface area contributed by atoms with E-state index in [1.165, 1.54) is 6.07 Å². The van der Waals surface area contributed by atoms with Crippen LogP contribution in [0.15, 0.2) is 30.3 Å². The molecule has 1 aromatic heterocycles. The number of primary amides is 1. The maximum absolute atomic E-state index is 12.4. The standard InChI is InChI=1S/C15H15N3O3/c16-14(20)11-4-5-12(17-11)15(21)18-7-6-10-9(8-18)2-1-3-13(10)19/h1-5,17,19H,6-8H2,(H2,16,20). The van der Waals surface area contributed by atoms with Crippen LogP contribution in [0.3, 0.4) is 0 Å². The molecule has 0 saturated heterocycles. The number of nitrogens with two attached hydrogens (primary N) is 1. The Balaban J connectivity index is 1.82. The summed E-state index contributed by atoms with van der Waals surface area (Å²) in [6.45, 7) is 0.960. The molecule has 0 saturated carbocycles. The summed E-state index contributed by atoms with van der Waals surface area (Å²) in [4.78, 5) is 27.9. The van der Waals surface area contributed by atoms with Crippen LogP contribution >= 0.6 is 0 Å². The number of fused-ring (bicyclic) bond motifs is 1. The van der Waals surface area contributed by atoms with E-state index >= 15 is 0 Å². The summed E-state index contributed by atoms with van der Waals surface area (Å²) in [7, 11) is 0. The van der Waals surface area contributed by atoms with E-state index in [0.29, 0.717) is 25.2 Å². The zero-order valence-corrected chi connectivity index (χ0v) is 11.3. The first kappa shape index (κ1) is 13.2. The Morgan fingerprint density at radius 3 is 2.67 bits per heavy atom. The lowest BCUT2D eigenvalue weighted by atomic mass is 9.98. The number of carbonyl (C=O) groups is 2. The number of aromatic amines is 1. The molecule has 3 rings (SSSR count). The van der Waals surface area contributed by atoms with E-state index in [0.717, 1.165) is 11.1 Å². The van der Waals surface area contributed by atoms with Crippen LogP contribution < -0.4 is 5.73 Å². The van der Waals surface area contributed by atoms with Gasteiger partial charge in [0, 0.05) is 18.7 Å². The summed E-state index contributed by atoms with van der Waals surface area (Å²) < 4.78 is 0. The maximum atomic E-state index is 12.4. The molecule has 21 heavy (non-hydrogen) atoms. The van der Waals surface area contributed by atoms with Crippen LogP contribution in [-0.2, 0) is 13.0 Å². The molecule has 4 N–H and O–H groups in total. The van der Waals surface area contributed by atoms with Crippen LogP contribution in [0.4, 0.5) is 0 Å². The Hall–Kier alpha value is -2.76. The molecule has 2 aromatic rings. The number of carbonyl (C=O) groups excluding carboxylic acids is 2. The van der Waals surface area contributed by atoms with Gasteiger partial charge in [0.25, 0.3) is 11.8 Å². The smallest absolute Gasteiger partial charge is 0.270 e. The summed E-state index contributed by atoms with van der Waals surface area (Å²) >= 11 is 0. The molecule has 6 nitrogen and oxygen atoms in total. The fourth-order valence-electron chi connectivity index (χ4n) is 2.60. The fourth-order valence-corrected chi connectivity index (χ4v) is 2.60. The van der Waals surface area contributed by atoms with Crippen molar-refractivity contribution in [3.8, 4) is 5.75 Å².